The van der Waals surface area contributed by atoms with E-state index in [1.54, 1.807) is 0 Å². The van der Waals surface area contributed by atoms with Gasteiger partial charge in [0.05, 0.1) is 5.92 Å². The first-order valence-electron chi connectivity index (χ1n) is 7.01. The molecular formula is C13H19N3O2S. The first-order chi connectivity index (χ1) is 9.19. The lowest BCUT2D eigenvalue weighted by molar-refractivity contribution is -0.143. The van der Waals surface area contributed by atoms with E-state index in [2.05, 4.69) is 21.6 Å². The summed E-state index contributed by atoms with van der Waals surface area (Å²) in [6, 6.07) is 0.0404. The van der Waals surface area contributed by atoms with Crippen LogP contribution in [0.1, 0.15) is 38.4 Å². The zero-order valence-electron chi connectivity index (χ0n) is 11.0. The number of nitrogens with zero attached hydrogens (tertiary/aromatic N) is 2. The van der Waals surface area contributed by atoms with E-state index in [0.717, 1.165) is 43.1 Å². The molecule has 0 radical (unpaired) electrons. The van der Waals surface area contributed by atoms with Crippen molar-refractivity contribution in [2.45, 2.75) is 45.1 Å². The number of carbonyl (C=O) groups is 1. The van der Waals surface area contributed by atoms with Gasteiger partial charge in [-0.25, -0.2) is 4.98 Å². The van der Waals surface area contributed by atoms with Gasteiger partial charge in [-0.2, -0.15) is 4.37 Å². The van der Waals surface area contributed by atoms with Gasteiger partial charge in [-0.15, -0.1) is 0 Å². The Hall–Kier alpha value is -1.17. The highest BCUT2D eigenvalue weighted by atomic mass is 32.1. The van der Waals surface area contributed by atoms with Crippen LogP contribution in [0.15, 0.2) is 0 Å². The summed E-state index contributed by atoms with van der Waals surface area (Å²) < 4.78 is 4.30. The Bertz CT molecular complexity index is 476. The van der Waals surface area contributed by atoms with Crippen molar-refractivity contribution < 1.29 is 9.90 Å². The lowest BCUT2D eigenvalue weighted by atomic mass is 9.84. The molecule has 0 aliphatic heterocycles. The zero-order valence-corrected chi connectivity index (χ0v) is 11.8. The maximum absolute atomic E-state index is 11.4. The Labute approximate surface area is 116 Å². The van der Waals surface area contributed by atoms with Crippen LogP contribution in [0.2, 0.25) is 0 Å². The van der Waals surface area contributed by atoms with Gasteiger partial charge in [0.1, 0.15) is 5.82 Å². The van der Waals surface area contributed by atoms with Crippen molar-refractivity contribution in [2.75, 3.05) is 5.32 Å². The number of aryl methyl sites for hydroxylation is 1. The van der Waals surface area contributed by atoms with Crippen molar-refractivity contribution in [3.8, 4) is 0 Å². The number of hydrogen-bond donors (Lipinski definition) is 2. The predicted molar refractivity (Wildman–Crippen MR) is 73.3 cm³/mol. The third-order valence-corrected chi connectivity index (χ3v) is 5.12. The van der Waals surface area contributed by atoms with Gasteiger partial charge in [0, 0.05) is 24.0 Å². The van der Waals surface area contributed by atoms with Crippen LogP contribution in [0.25, 0.3) is 0 Å². The van der Waals surface area contributed by atoms with Crippen molar-refractivity contribution in [2.24, 2.45) is 17.8 Å². The van der Waals surface area contributed by atoms with E-state index in [1.807, 2.05) is 0 Å². The van der Waals surface area contributed by atoms with Crippen LogP contribution in [0.5, 0.6) is 0 Å². The minimum atomic E-state index is -0.664. The van der Waals surface area contributed by atoms with Crippen molar-refractivity contribution in [3.05, 3.63) is 5.82 Å². The molecule has 1 aromatic rings. The van der Waals surface area contributed by atoms with E-state index in [1.165, 1.54) is 11.5 Å². The smallest absolute Gasteiger partial charge is 0.308 e. The molecule has 0 saturated heterocycles. The summed E-state index contributed by atoms with van der Waals surface area (Å²) in [5.74, 6) is 0.790. The summed E-state index contributed by atoms with van der Waals surface area (Å²) in [5, 5.41) is 13.5. The molecule has 2 aliphatic carbocycles. The standard InChI is InChI=1S/C13H19N3O2S/c1-2-3-9-14-13(19-16-9)15-11-8-5-4-7(6-8)10(11)12(17)18/h7-8,10-11H,2-6H2,1H3,(H,17,18)(H,14,15,16). The summed E-state index contributed by atoms with van der Waals surface area (Å²) in [5.41, 5.74) is 0. The van der Waals surface area contributed by atoms with Crippen LogP contribution in [-0.2, 0) is 11.2 Å². The molecular weight excluding hydrogens is 262 g/mol. The second kappa shape index (κ2) is 5.07. The fourth-order valence-electron chi connectivity index (χ4n) is 3.63. The number of nitrogens with one attached hydrogen (secondary N) is 1. The highest BCUT2D eigenvalue weighted by Gasteiger charge is 2.51. The number of hydrogen-bond acceptors (Lipinski definition) is 5. The molecule has 19 heavy (non-hydrogen) atoms. The van der Waals surface area contributed by atoms with Crippen LogP contribution in [-0.4, -0.2) is 26.5 Å². The largest absolute Gasteiger partial charge is 0.481 e. The molecule has 2 saturated carbocycles. The van der Waals surface area contributed by atoms with Gasteiger partial charge >= 0.3 is 5.97 Å². The summed E-state index contributed by atoms with van der Waals surface area (Å²) in [6.45, 7) is 2.10. The van der Waals surface area contributed by atoms with Gasteiger partial charge in [-0.05, 0) is 37.5 Å². The Morgan fingerprint density at radius 1 is 1.47 bits per heavy atom. The number of carboxylic acids is 1. The lowest BCUT2D eigenvalue weighted by Gasteiger charge is -2.28. The Morgan fingerprint density at radius 3 is 3.00 bits per heavy atom. The van der Waals surface area contributed by atoms with Crippen LogP contribution in [0.3, 0.4) is 0 Å². The minimum absolute atomic E-state index is 0.0404. The van der Waals surface area contributed by atoms with Crippen molar-refractivity contribution in [1.29, 1.82) is 0 Å². The normalized spacial score (nSPS) is 32.7. The number of anilines is 1. The van der Waals surface area contributed by atoms with Crippen molar-refractivity contribution in [1.82, 2.24) is 9.36 Å². The fourth-order valence-corrected chi connectivity index (χ4v) is 4.29. The molecule has 2 bridgehead atoms. The minimum Gasteiger partial charge on any atom is -0.481 e. The summed E-state index contributed by atoms with van der Waals surface area (Å²) >= 11 is 1.35. The van der Waals surface area contributed by atoms with Crippen LogP contribution >= 0.6 is 11.5 Å². The topological polar surface area (TPSA) is 75.1 Å². The Balaban J connectivity index is 1.72. The second-order valence-electron chi connectivity index (χ2n) is 5.63. The van der Waals surface area contributed by atoms with E-state index in [4.69, 9.17) is 0 Å². The molecule has 4 atom stereocenters. The third kappa shape index (κ3) is 2.33. The molecule has 1 heterocycles. The lowest BCUT2D eigenvalue weighted by Crippen LogP contribution is -2.39. The van der Waals surface area contributed by atoms with Crippen LogP contribution in [0, 0.1) is 17.8 Å². The highest BCUT2D eigenvalue weighted by Crippen LogP contribution is 2.49. The number of carboxylic acid groups (broad SMARTS) is 1. The Kier molecular flexibility index (Phi) is 3.43. The molecule has 3 rings (SSSR count). The van der Waals surface area contributed by atoms with Crippen molar-refractivity contribution in [3.63, 3.8) is 0 Å². The molecule has 6 heteroatoms. The molecule has 2 N–H and O–H groups in total. The predicted octanol–water partition coefficient (Wildman–Crippen LogP) is 2.40. The molecule has 4 unspecified atom stereocenters. The summed E-state index contributed by atoms with van der Waals surface area (Å²) in [6.07, 6.45) is 5.18. The second-order valence-corrected chi connectivity index (χ2v) is 6.38. The SMILES string of the molecule is CCCc1nsc(NC2C3CCC(C3)C2C(=O)O)n1. The molecule has 104 valence electrons. The monoisotopic (exact) mass is 281 g/mol. The first-order valence-corrected chi connectivity index (χ1v) is 7.78. The van der Waals surface area contributed by atoms with Crippen molar-refractivity contribution >= 4 is 22.6 Å². The van der Waals surface area contributed by atoms with E-state index in [0.29, 0.717) is 11.8 Å². The summed E-state index contributed by atoms with van der Waals surface area (Å²) in [7, 11) is 0. The van der Waals surface area contributed by atoms with E-state index in [9.17, 15) is 9.90 Å². The third-order valence-electron chi connectivity index (χ3n) is 4.43. The Morgan fingerprint density at radius 2 is 2.26 bits per heavy atom. The van der Waals surface area contributed by atoms with Crippen LogP contribution in [0.4, 0.5) is 5.13 Å². The maximum atomic E-state index is 11.4. The molecule has 0 spiro atoms. The molecule has 0 amide bonds. The van der Waals surface area contributed by atoms with Gasteiger partial charge in [0.2, 0.25) is 5.13 Å². The molecule has 5 nitrogen and oxygen atoms in total. The van der Waals surface area contributed by atoms with Gasteiger partial charge in [-0.3, -0.25) is 4.79 Å². The maximum Gasteiger partial charge on any atom is 0.308 e. The van der Waals surface area contributed by atoms with Gasteiger partial charge in [-0.1, -0.05) is 6.92 Å². The van der Waals surface area contributed by atoms with E-state index >= 15 is 0 Å². The van der Waals surface area contributed by atoms with Gasteiger partial charge < -0.3 is 10.4 Å². The van der Waals surface area contributed by atoms with E-state index < -0.39 is 5.97 Å². The fraction of sp³-hybridized carbons (Fsp3) is 0.769. The zero-order chi connectivity index (χ0) is 13.4. The quantitative estimate of drug-likeness (QED) is 0.867. The summed E-state index contributed by atoms with van der Waals surface area (Å²) in [4.78, 5) is 15.9. The highest BCUT2D eigenvalue weighted by molar-refractivity contribution is 7.09. The molecule has 0 aromatic carbocycles. The van der Waals surface area contributed by atoms with Gasteiger partial charge in [0.25, 0.3) is 0 Å². The average Bonchev–Trinajstić information content (AvgIpc) is 3.05. The average molecular weight is 281 g/mol. The van der Waals surface area contributed by atoms with Crippen LogP contribution < -0.4 is 5.32 Å². The molecule has 1 aromatic heterocycles. The number of aliphatic carboxylic acids is 1. The number of fused-ring (bicyclic) bond motifs is 2. The number of aromatic nitrogens is 2. The molecule has 2 fully saturated rings. The molecule has 2 aliphatic rings. The first kappa shape index (κ1) is 12.8. The number of rotatable bonds is 5. The van der Waals surface area contributed by atoms with Gasteiger partial charge in [0.15, 0.2) is 0 Å². The van der Waals surface area contributed by atoms with E-state index in [-0.39, 0.29) is 12.0 Å².